The maximum Gasteiger partial charge on any atom is 0.231 e. The lowest BCUT2D eigenvalue weighted by molar-refractivity contribution is 0.174. The molecule has 98 valence electrons. The van der Waals surface area contributed by atoms with Crippen molar-refractivity contribution in [2.45, 2.75) is 12.8 Å². The minimum atomic E-state index is 0.361. The van der Waals surface area contributed by atoms with Gasteiger partial charge in [-0.2, -0.15) is 0 Å². The number of aryl methyl sites for hydroxylation is 1. The van der Waals surface area contributed by atoms with E-state index in [1.54, 1.807) is 0 Å². The van der Waals surface area contributed by atoms with Crippen molar-refractivity contribution in [3.05, 3.63) is 23.8 Å². The van der Waals surface area contributed by atoms with Crippen LogP contribution >= 0.6 is 0 Å². The number of ether oxygens (including phenoxy) is 2. The van der Waals surface area contributed by atoms with E-state index in [-0.39, 0.29) is 0 Å². The van der Waals surface area contributed by atoms with E-state index in [4.69, 9.17) is 9.47 Å². The highest BCUT2D eigenvalue weighted by atomic mass is 16.7. The van der Waals surface area contributed by atoms with Crippen molar-refractivity contribution in [3.63, 3.8) is 0 Å². The van der Waals surface area contributed by atoms with E-state index in [9.17, 15) is 0 Å². The summed E-state index contributed by atoms with van der Waals surface area (Å²) in [5.74, 6) is 1.77. The van der Waals surface area contributed by atoms with Crippen LogP contribution in [0.5, 0.6) is 11.5 Å². The summed E-state index contributed by atoms with van der Waals surface area (Å²) < 4.78 is 10.7. The Morgan fingerprint density at radius 3 is 2.83 bits per heavy atom. The lowest BCUT2D eigenvalue weighted by Gasteiger charge is -2.27. The minimum Gasteiger partial charge on any atom is -0.454 e. The average molecular weight is 248 g/mol. The highest BCUT2D eigenvalue weighted by molar-refractivity contribution is 5.44. The summed E-state index contributed by atoms with van der Waals surface area (Å²) in [5.41, 5.74) is 1.34. The highest BCUT2D eigenvalue weighted by Crippen LogP contribution is 2.32. The first-order valence-corrected chi connectivity index (χ1v) is 6.73. The Kier molecular flexibility index (Phi) is 3.67. The second-order valence-electron chi connectivity index (χ2n) is 4.88. The summed E-state index contributed by atoms with van der Waals surface area (Å²) in [7, 11) is 0. The van der Waals surface area contributed by atoms with Gasteiger partial charge in [0.25, 0.3) is 0 Å². The van der Waals surface area contributed by atoms with Crippen LogP contribution in [0.1, 0.15) is 12.0 Å². The Bertz CT molecular complexity index is 403. The Hall–Kier alpha value is -1.26. The quantitative estimate of drug-likeness (QED) is 0.869. The summed E-state index contributed by atoms with van der Waals surface area (Å²) in [6, 6.07) is 6.27. The van der Waals surface area contributed by atoms with Gasteiger partial charge in [-0.05, 0) is 37.1 Å². The number of nitrogens with one attached hydrogen (secondary N) is 1. The molecule has 0 aliphatic carbocycles. The molecule has 0 atom stereocenters. The summed E-state index contributed by atoms with van der Waals surface area (Å²) in [5, 5.41) is 3.38. The van der Waals surface area contributed by atoms with Crippen molar-refractivity contribution in [1.82, 2.24) is 10.2 Å². The monoisotopic (exact) mass is 248 g/mol. The number of nitrogens with zero attached hydrogens (tertiary/aromatic N) is 1. The van der Waals surface area contributed by atoms with E-state index in [0.29, 0.717) is 6.79 Å². The third kappa shape index (κ3) is 2.76. The first-order valence-electron chi connectivity index (χ1n) is 6.73. The molecular formula is C14H20N2O2. The van der Waals surface area contributed by atoms with Gasteiger partial charge in [0, 0.05) is 26.2 Å². The normalized spacial score (nSPS) is 19.1. The minimum absolute atomic E-state index is 0.361. The first kappa shape index (κ1) is 11.8. The van der Waals surface area contributed by atoms with Crippen LogP contribution in [0.15, 0.2) is 18.2 Å². The maximum absolute atomic E-state index is 5.39. The lowest BCUT2D eigenvalue weighted by Crippen LogP contribution is -2.43. The zero-order chi connectivity index (χ0) is 12.2. The number of benzene rings is 1. The molecule has 0 radical (unpaired) electrons. The number of fused-ring (bicyclic) bond motifs is 1. The van der Waals surface area contributed by atoms with Crippen molar-refractivity contribution in [2.75, 3.05) is 39.5 Å². The summed E-state index contributed by atoms with van der Waals surface area (Å²) in [4.78, 5) is 2.53. The number of hydrogen-bond donors (Lipinski definition) is 1. The van der Waals surface area contributed by atoms with Crippen molar-refractivity contribution in [1.29, 1.82) is 0 Å². The molecule has 1 fully saturated rings. The third-order valence-electron chi connectivity index (χ3n) is 3.59. The molecule has 18 heavy (non-hydrogen) atoms. The molecule has 1 N–H and O–H groups in total. The van der Waals surface area contributed by atoms with Gasteiger partial charge in [0.2, 0.25) is 6.79 Å². The van der Waals surface area contributed by atoms with Gasteiger partial charge in [0.15, 0.2) is 11.5 Å². The Morgan fingerprint density at radius 1 is 1.11 bits per heavy atom. The van der Waals surface area contributed by atoms with E-state index in [1.807, 2.05) is 6.07 Å². The second-order valence-corrected chi connectivity index (χ2v) is 4.88. The molecule has 0 aromatic heterocycles. The zero-order valence-corrected chi connectivity index (χ0v) is 10.7. The molecule has 0 spiro atoms. The fourth-order valence-electron chi connectivity index (χ4n) is 2.54. The van der Waals surface area contributed by atoms with Gasteiger partial charge < -0.3 is 19.7 Å². The molecule has 0 bridgehead atoms. The Labute approximate surface area is 108 Å². The van der Waals surface area contributed by atoms with Crippen molar-refractivity contribution in [2.24, 2.45) is 0 Å². The third-order valence-corrected chi connectivity index (χ3v) is 3.59. The fraction of sp³-hybridized carbons (Fsp3) is 0.571. The molecule has 0 unspecified atom stereocenters. The van der Waals surface area contributed by atoms with Gasteiger partial charge in [0.1, 0.15) is 0 Å². The van der Waals surface area contributed by atoms with Crippen molar-refractivity contribution in [3.8, 4) is 11.5 Å². The van der Waals surface area contributed by atoms with Crippen LogP contribution in [0.2, 0.25) is 0 Å². The topological polar surface area (TPSA) is 33.7 Å². The highest BCUT2D eigenvalue weighted by Gasteiger charge is 2.13. The lowest BCUT2D eigenvalue weighted by atomic mass is 10.1. The van der Waals surface area contributed by atoms with Crippen LogP contribution in [-0.4, -0.2) is 44.4 Å². The zero-order valence-electron chi connectivity index (χ0n) is 10.7. The van der Waals surface area contributed by atoms with E-state index >= 15 is 0 Å². The Morgan fingerprint density at radius 2 is 1.94 bits per heavy atom. The van der Waals surface area contributed by atoms with Gasteiger partial charge >= 0.3 is 0 Å². The molecule has 1 aromatic rings. The van der Waals surface area contributed by atoms with E-state index in [1.165, 1.54) is 31.6 Å². The molecule has 2 aliphatic heterocycles. The molecule has 3 rings (SSSR count). The van der Waals surface area contributed by atoms with Gasteiger partial charge in [-0.1, -0.05) is 6.07 Å². The molecule has 0 amide bonds. The maximum atomic E-state index is 5.39. The van der Waals surface area contributed by atoms with Crippen LogP contribution in [0.4, 0.5) is 0 Å². The largest absolute Gasteiger partial charge is 0.454 e. The van der Waals surface area contributed by atoms with Crippen LogP contribution in [0.3, 0.4) is 0 Å². The van der Waals surface area contributed by atoms with Crippen molar-refractivity contribution >= 4 is 0 Å². The van der Waals surface area contributed by atoms with Crippen LogP contribution in [-0.2, 0) is 6.42 Å². The summed E-state index contributed by atoms with van der Waals surface area (Å²) >= 11 is 0. The molecule has 1 aromatic carbocycles. The molecule has 2 heterocycles. The first-order chi connectivity index (χ1) is 8.92. The fourth-order valence-corrected chi connectivity index (χ4v) is 2.54. The predicted octanol–water partition coefficient (Wildman–Crippen LogP) is 1.25. The van der Waals surface area contributed by atoms with E-state index in [0.717, 1.165) is 31.0 Å². The number of rotatable bonds is 4. The smallest absolute Gasteiger partial charge is 0.231 e. The molecule has 1 saturated heterocycles. The van der Waals surface area contributed by atoms with Gasteiger partial charge in [-0.3, -0.25) is 0 Å². The van der Waals surface area contributed by atoms with Crippen molar-refractivity contribution < 1.29 is 9.47 Å². The Balaban J connectivity index is 1.48. The van der Waals surface area contributed by atoms with Gasteiger partial charge in [0.05, 0.1) is 0 Å². The SMILES string of the molecule is c1cc2c(cc1CCCN1CCNCC1)OCO2. The number of hydrogen-bond acceptors (Lipinski definition) is 4. The van der Waals surface area contributed by atoms with Gasteiger partial charge in [-0.15, -0.1) is 0 Å². The summed E-state index contributed by atoms with van der Waals surface area (Å²) in [6.07, 6.45) is 2.32. The van der Waals surface area contributed by atoms with E-state index in [2.05, 4.69) is 22.3 Å². The molecule has 4 heteroatoms. The molecular weight excluding hydrogens is 228 g/mol. The van der Waals surface area contributed by atoms with Crippen LogP contribution in [0, 0.1) is 0 Å². The van der Waals surface area contributed by atoms with Gasteiger partial charge in [-0.25, -0.2) is 0 Å². The second kappa shape index (κ2) is 5.59. The molecule has 2 aliphatic rings. The molecule has 0 saturated carbocycles. The van der Waals surface area contributed by atoms with E-state index < -0.39 is 0 Å². The number of piperazine rings is 1. The standard InChI is InChI=1S/C14H20N2O2/c1(7-16-8-5-15-6-9-16)2-12-3-4-13-14(10-12)18-11-17-13/h3-4,10,15H,1-2,5-9,11H2. The van der Waals surface area contributed by atoms with Crippen LogP contribution in [0.25, 0.3) is 0 Å². The average Bonchev–Trinajstić information content (AvgIpc) is 2.87. The predicted molar refractivity (Wildman–Crippen MR) is 70.2 cm³/mol. The molecule has 4 nitrogen and oxygen atoms in total. The summed E-state index contributed by atoms with van der Waals surface area (Å²) in [6.45, 7) is 6.17. The van der Waals surface area contributed by atoms with Crippen LogP contribution < -0.4 is 14.8 Å².